The standard InChI is InChI=1S/C29H36N4O3/c34-27-8-5-22(6-9-27)17-33-18-23(20-36-28-10-7-24-3-1-4-25(24)16-28)15-26(19-33)29(35)31-11-2-13-32-14-12-30-21-32/h5-10,12,14,16,21,23,26,34H,1-4,11,13,15,17-20H2,(H,31,35)/t23-,26+/m0/s1. The van der Waals surface area contributed by atoms with Gasteiger partial charge < -0.3 is 19.7 Å². The van der Waals surface area contributed by atoms with Gasteiger partial charge in [-0.05, 0) is 73.1 Å². The maximum absolute atomic E-state index is 13.1. The molecule has 7 heteroatoms. The van der Waals surface area contributed by atoms with Gasteiger partial charge in [0.25, 0.3) is 0 Å². The number of hydrogen-bond donors (Lipinski definition) is 2. The van der Waals surface area contributed by atoms with E-state index < -0.39 is 0 Å². The van der Waals surface area contributed by atoms with Gasteiger partial charge in [-0.1, -0.05) is 18.2 Å². The summed E-state index contributed by atoms with van der Waals surface area (Å²) in [4.78, 5) is 19.5. The van der Waals surface area contributed by atoms with Crippen LogP contribution in [0.3, 0.4) is 0 Å². The number of aryl methyl sites for hydroxylation is 3. The maximum Gasteiger partial charge on any atom is 0.224 e. The number of aromatic nitrogens is 2. The largest absolute Gasteiger partial charge is 0.508 e. The summed E-state index contributed by atoms with van der Waals surface area (Å²) in [6.45, 7) is 4.46. The van der Waals surface area contributed by atoms with Crippen LogP contribution in [0.1, 0.15) is 36.0 Å². The van der Waals surface area contributed by atoms with Gasteiger partial charge in [0.2, 0.25) is 5.91 Å². The van der Waals surface area contributed by atoms with Gasteiger partial charge in [0.05, 0.1) is 18.9 Å². The molecule has 1 aromatic heterocycles. The average molecular weight is 489 g/mol. The van der Waals surface area contributed by atoms with Crippen LogP contribution in [0.2, 0.25) is 0 Å². The minimum atomic E-state index is -0.0715. The predicted octanol–water partition coefficient (Wildman–Crippen LogP) is 3.80. The molecule has 0 saturated carbocycles. The number of nitrogens with one attached hydrogen (secondary N) is 1. The highest BCUT2D eigenvalue weighted by Gasteiger charge is 2.32. The molecule has 1 amide bonds. The molecule has 0 bridgehead atoms. The van der Waals surface area contributed by atoms with Crippen molar-refractivity contribution in [3.63, 3.8) is 0 Å². The van der Waals surface area contributed by atoms with Crippen LogP contribution in [0.15, 0.2) is 61.2 Å². The van der Waals surface area contributed by atoms with E-state index in [2.05, 4.69) is 33.4 Å². The number of likely N-dealkylation sites (tertiary alicyclic amines) is 1. The molecule has 1 aliphatic carbocycles. The summed E-state index contributed by atoms with van der Waals surface area (Å²) in [6, 6.07) is 13.8. The number of nitrogens with zero attached hydrogens (tertiary/aromatic N) is 3. The summed E-state index contributed by atoms with van der Waals surface area (Å²) in [5.41, 5.74) is 4.00. The molecule has 2 atom stereocenters. The second kappa shape index (κ2) is 11.6. The van der Waals surface area contributed by atoms with Crippen molar-refractivity contribution in [1.82, 2.24) is 19.8 Å². The Morgan fingerprint density at radius 3 is 2.81 bits per heavy atom. The summed E-state index contributed by atoms with van der Waals surface area (Å²) in [6.07, 6.45) is 10.7. The number of phenolic OH excluding ortho intramolecular Hbond substituents is 1. The van der Waals surface area contributed by atoms with Gasteiger partial charge >= 0.3 is 0 Å². The van der Waals surface area contributed by atoms with E-state index >= 15 is 0 Å². The fraction of sp³-hybridized carbons (Fsp3) is 0.448. The highest BCUT2D eigenvalue weighted by Crippen LogP contribution is 2.28. The highest BCUT2D eigenvalue weighted by molar-refractivity contribution is 5.79. The molecule has 1 fully saturated rings. The maximum atomic E-state index is 13.1. The van der Waals surface area contributed by atoms with Crippen molar-refractivity contribution in [2.45, 2.75) is 45.2 Å². The molecule has 5 rings (SSSR count). The third-order valence-electron chi connectivity index (χ3n) is 7.33. The van der Waals surface area contributed by atoms with Gasteiger partial charge in [-0.2, -0.15) is 0 Å². The van der Waals surface area contributed by atoms with Crippen molar-refractivity contribution >= 4 is 5.91 Å². The summed E-state index contributed by atoms with van der Waals surface area (Å²) in [5, 5.41) is 12.8. The second-order valence-electron chi connectivity index (χ2n) is 10.2. The molecule has 0 spiro atoms. The number of piperidine rings is 1. The van der Waals surface area contributed by atoms with Crippen LogP contribution >= 0.6 is 0 Å². The Morgan fingerprint density at radius 1 is 1.11 bits per heavy atom. The fourth-order valence-corrected chi connectivity index (χ4v) is 5.49. The van der Waals surface area contributed by atoms with E-state index in [1.165, 1.54) is 24.0 Å². The van der Waals surface area contributed by atoms with Gasteiger partial charge in [-0.25, -0.2) is 4.98 Å². The minimum Gasteiger partial charge on any atom is -0.508 e. The van der Waals surface area contributed by atoms with Crippen molar-refractivity contribution < 1.29 is 14.6 Å². The summed E-state index contributed by atoms with van der Waals surface area (Å²) >= 11 is 0. The van der Waals surface area contributed by atoms with Crippen LogP contribution in [0.25, 0.3) is 0 Å². The van der Waals surface area contributed by atoms with Crippen molar-refractivity contribution in [1.29, 1.82) is 0 Å². The zero-order valence-electron chi connectivity index (χ0n) is 20.8. The van der Waals surface area contributed by atoms with Crippen LogP contribution in [0.5, 0.6) is 11.5 Å². The number of amides is 1. The topological polar surface area (TPSA) is 79.6 Å². The van der Waals surface area contributed by atoms with Crippen molar-refractivity contribution in [2.75, 3.05) is 26.2 Å². The molecule has 2 N–H and O–H groups in total. The van der Waals surface area contributed by atoms with E-state index in [4.69, 9.17) is 4.74 Å². The first-order valence-corrected chi connectivity index (χ1v) is 13.1. The first-order valence-electron chi connectivity index (χ1n) is 13.1. The molecule has 36 heavy (non-hydrogen) atoms. The van der Waals surface area contributed by atoms with Gasteiger partial charge in [0.1, 0.15) is 11.5 Å². The number of aromatic hydroxyl groups is 1. The van der Waals surface area contributed by atoms with E-state index in [1.54, 1.807) is 24.7 Å². The number of carbonyl (C=O) groups is 1. The summed E-state index contributed by atoms with van der Waals surface area (Å²) < 4.78 is 8.28. The molecule has 7 nitrogen and oxygen atoms in total. The van der Waals surface area contributed by atoms with Crippen LogP contribution < -0.4 is 10.1 Å². The first-order chi connectivity index (χ1) is 17.6. The molecule has 3 aromatic rings. The lowest BCUT2D eigenvalue weighted by Crippen LogP contribution is -2.47. The SMILES string of the molecule is O=C(NCCCn1ccnc1)[C@@H]1C[C@H](COc2ccc3c(c2)CCC3)CN(Cc2ccc(O)cc2)C1. The molecule has 2 aromatic carbocycles. The molecule has 1 aliphatic heterocycles. The molecule has 0 unspecified atom stereocenters. The highest BCUT2D eigenvalue weighted by atomic mass is 16.5. The van der Waals surface area contributed by atoms with Gasteiger partial charge in [0.15, 0.2) is 0 Å². The van der Waals surface area contributed by atoms with E-state index in [0.717, 1.165) is 56.8 Å². The number of benzene rings is 2. The zero-order valence-corrected chi connectivity index (χ0v) is 20.8. The molecule has 190 valence electrons. The Kier molecular flexibility index (Phi) is 7.86. The van der Waals surface area contributed by atoms with Crippen LogP contribution in [-0.2, 0) is 30.7 Å². The lowest BCUT2D eigenvalue weighted by atomic mass is 9.88. The van der Waals surface area contributed by atoms with Crippen LogP contribution in [0.4, 0.5) is 0 Å². The summed E-state index contributed by atoms with van der Waals surface area (Å²) in [7, 11) is 0. The quantitative estimate of drug-likeness (QED) is 0.425. The number of fused-ring (bicyclic) bond motifs is 1. The smallest absolute Gasteiger partial charge is 0.224 e. The molecule has 0 radical (unpaired) electrons. The average Bonchev–Trinajstić information content (AvgIpc) is 3.58. The van der Waals surface area contributed by atoms with E-state index in [-0.39, 0.29) is 23.5 Å². The Morgan fingerprint density at radius 2 is 1.97 bits per heavy atom. The lowest BCUT2D eigenvalue weighted by Gasteiger charge is -2.37. The Bertz CT molecular complexity index is 1130. The zero-order chi connectivity index (χ0) is 24.7. The summed E-state index contributed by atoms with van der Waals surface area (Å²) in [5.74, 6) is 1.53. The van der Waals surface area contributed by atoms with Crippen LogP contribution in [-0.4, -0.2) is 51.7 Å². The predicted molar refractivity (Wildman–Crippen MR) is 139 cm³/mol. The molecule has 1 saturated heterocycles. The molecule has 2 aliphatic rings. The number of hydrogen-bond acceptors (Lipinski definition) is 5. The monoisotopic (exact) mass is 488 g/mol. The van der Waals surface area contributed by atoms with E-state index in [9.17, 15) is 9.90 Å². The molecule has 2 heterocycles. The first kappa shape index (κ1) is 24.4. The van der Waals surface area contributed by atoms with Crippen LogP contribution in [0, 0.1) is 11.8 Å². The number of rotatable bonds is 10. The van der Waals surface area contributed by atoms with Crippen molar-refractivity contribution in [3.8, 4) is 11.5 Å². The Hall–Kier alpha value is -3.32. The minimum absolute atomic E-state index is 0.0715. The lowest BCUT2D eigenvalue weighted by molar-refractivity contribution is -0.127. The molecular weight excluding hydrogens is 452 g/mol. The fourth-order valence-electron chi connectivity index (χ4n) is 5.49. The molecular formula is C29H36N4O3. The van der Waals surface area contributed by atoms with E-state index in [1.807, 2.05) is 22.9 Å². The normalized spacial score (nSPS) is 19.7. The Balaban J connectivity index is 1.19. The third kappa shape index (κ3) is 6.46. The Labute approximate surface area is 213 Å². The van der Waals surface area contributed by atoms with E-state index in [0.29, 0.717) is 13.2 Å². The number of phenols is 1. The van der Waals surface area contributed by atoms with Gasteiger partial charge in [0, 0.05) is 51.0 Å². The van der Waals surface area contributed by atoms with Gasteiger partial charge in [-0.15, -0.1) is 0 Å². The second-order valence-corrected chi connectivity index (χ2v) is 10.2. The van der Waals surface area contributed by atoms with Crippen molar-refractivity contribution in [2.24, 2.45) is 11.8 Å². The third-order valence-corrected chi connectivity index (χ3v) is 7.33. The van der Waals surface area contributed by atoms with Crippen molar-refractivity contribution in [3.05, 3.63) is 77.9 Å². The van der Waals surface area contributed by atoms with Gasteiger partial charge in [-0.3, -0.25) is 9.69 Å². The number of carbonyl (C=O) groups excluding carboxylic acids is 1. The number of ether oxygens (including phenoxy) is 1. The number of imidazole rings is 1.